The molecule has 1 aromatic heterocycles. The van der Waals surface area contributed by atoms with Crippen LogP contribution in [0.3, 0.4) is 0 Å². The number of H-pyrrole nitrogens is 2. The predicted molar refractivity (Wildman–Crippen MR) is 124 cm³/mol. The Bertz CT molecular complexity index is 1250. The van der Waals surface area contributed by atoms with Crippen LogP contribution in [0.4, 0.5) is 13.2 Å². The lowest BCUT2D eigenvalue weighted by molar-refractivity contribution is -0.122. The molecule has 4 rings (SSSR count). The maximum absolute atomic E-state index is 13.6. The summed E-state index contributed by atoms with van der Waals surface area (Å²) in [6.07, 6.45) is 7.67. The Morgan fingerprint density at radius 1 is 1.00 bits per heavy atom. The Labute approximate surface area is 194 Å². The number of halogens is 3. The van der Waals surface area contributed by atoms with Crippen LogP contribution in [0.2, 0.25) is 0 Å². The van der Waals surface area contributed by atoms with Crippen LogP contribution in [0.15, 0.2) is 46.0 Å². The maximum atomic E-state index is 13.6. The van der Waals surface area contributed by atoms with Gasteiger partial charge in [-0.05, 0) is 43.5 Å². The van der Waals surface area contributed by atoms with Gasteiger partial charge in [-0.25, -0.2) is 18.0 Å². The van der Waals surface area contributed by atoms with Crippen molar-refractivity contribution in [3.05, 3.63) is 80.3 Å². The van der Waals surface area contributed by atoms with Crippen LogP contribution in [-0.4, -0.2) is 15.9 Å². The van der Waals surface area contributed by atoms with E-state index in [2.05, 4.69) is 10.3 Å². The lowest BCUT2D eigenvalue weighted by Gasteiger charge is -2.21. The number of hydrogen-bond acceptors (Lipinski definition) is 3. The van der Waals surface area contributed by atoms with Gasteiger partial charge in [0.05, 0.1) is 16.9 Å². The Hall–Kier alpha value is -3.36. The number of nitrogens with one attached hydrogen (secondary N) is 3. The summed E-state index contributed by atoms with van der Waals surface area (Å²) in [5.41, 5.74) is -0.528. The number of hydrogen-bond donors (Lipinski definition) is 3. The Morgan fingerprint density at radius 3 is 2.38 bits per heavy atom. The van der Waals surface area contributed by atoms with E-state index < -0.39 is 34.7 Å². The molecule has 0 radical (unpaired) electrons. The summed E-state index contributed by atoms with van der Waals surface area (Å²) in [7, 11) is 0. The van der Waals surface area contributed by atoms with Crippen molar-refractivity contribution in [2.75, 3.05) is 0 Å². The molecule has 182 valence electrons. The number of carbonyl (C=O) groups is 1. The second kappa shape index (κ2) is 11.7. The molecule has 1 heterocycles. The highest BCUT2D eigenvalue weighted by molar-refractivity contribution is 5.77. The molecule has 1 atom stereocenters. The topological polar surface area (TPSA) is 94.8 Å². The van der Waals surface area contributed by atoms with E-state index in [0.717, 1.165) is 18.6 Å². The van der Waals surface area contributed by atoms with Gasteiger partial charge in [0.2, 0.25) is 5.91 Å². The van der Waals surface area contributed by atoms with E-state index >= 15 is 0 Å². The second-order valence-corrected chi connectivity index (χ2v) is 8.60. The van der Waals surface area contributed by atoms with Gasteiger partial charge in [-0.3, -0.25) is 14.6 Å². The normalized spacial score (nSPS) is 14.8. The summed E-state index contributed by atoms with van der Waals surface area (Å²) in [6, 6.07) is 6.60. The number of rotatable bonds is 5. The van der Waals surface area contributed by atoms with E-state index in [0.29, 0.717) is 23.4 Å². The lowest BCUT2D eigenvalue weighted by atomic mass is 9.86. The number of benzene rings is 2. The molecule has 1 saturated carbocycles. The molecule has 3 aromatic rings. The van der Waals surface area contributed by atoms with Crippen LogP contribution >= 0.6 is 0 Å². The first-order valence-corrected chi connectivity index (χ1v) is 11.4. The number of fused-ring (bicyclic) bond motifs is 1. The summed E-state index contributed by atoms with van der Waals surface area (Å²) in [5.74, 6) is -1.13. The predicted octanol–water partition coefficient (Wildman–Crippen LogP) is 4.86. The van der Waals surface area contributed by atoms with Crippen molar-refractivity contribution in [1.29, 1.82) is 0 Å². The van der Waals surface area contributed by atoms with E-state index in [1.165, 1.54) is 56.4 Å². The molecule has 34 heavy (non-hydrogen) atoms. The summed E-state index contributed by atoms with van der Waals surface area (Å²) < 4.78 is 39.2. The molecule has 1 unspecified atom stereocenters. The zero-order valence-electron chi connectivity index (χ0n) is 18.9. The van der Waals surface area contributed by atoms with Gasteiger partial charge < -0.3 is 10.3 Å². The average molecular weight is 476 g/mol. The van der Waals surface area contributed by atoms with E-state index in [9.17, 15) is 27.6 Å². The Morgan fingerprint density at radius 2 is 1.68 bits per heavy atom. The molecule has 0 bridgehead atoms. The van der Waals surface area contributed by atoms with Crippen molar-refractivity contribution in [1.82, 2.24) is 15.3 Å². The van der Waals surface area contributed by atoms with Crippen molar-refractivity contribution < 1.29 is 18.0 Å². The third-order valence-electron chi connectivity index (χ3n) is 6.01. The Balaban J connectivity index is 0.000000212. The van der Waals surface area contributed by atoms with Gasteiger partial charge in [0.1, 0.15) is 17.5 Å². The fourth-order valence-electron chi connectivity index (χ4n) is 4.19. The fraction of sp³-hybridized carbons (Fsp3) is 0.400. The number of aromatic nitrogens is 2. The SMILES string of the molecule is CC(NC(=O)CCC1CCCCC1)c1ccc(F)cc1F.O=c1[nH]c(=O)c2cc(F)ccc2[nH]1. The molecule has 3 N–H and O–H groups in total. The maximum Gasteiger partial charge on any atom is 0.326 e. The van der Waals surface area contributed by atoms with Crippen molar-refractivity contribution in [3.8, 4) is 0 Å². The molecule has 0 saturated heterocycles. The van der Waals surface area contributed by atoms with Crippen molar-refractivity contribution in [2.45, 2.75) is 57.9 Å². The van der Waals surface area contributed by atoms with Crippen LogP contribution in [0.1, 0.15) is 63.5 Å². The molecular weight excluding hydrogens is 447 g/mol. The number of carbonyl (C=O) groups excluding carboxylic acids is 1. The highest BCUT2D eigenvalue weighted by Gasteiger charge is 2.17. The molecule has 0 spiro atoms. The largest absolute Gasteiger partial charge is 0.349 e. The second-order valence-electron chi connectivity index (χ2n) is 8.60. The van der Waals surface area contributed by atoms with Gasteiger partial charge >= 0.3 is 5.69 Å². The summed E-state index contributed by atoms with van der Waals surface area (Å²) >= 11 is 0. The minimum absolute atomic E-state index is 0.0585. The number of aromatic amines is 2. The smallest absolute Gasteiger partial charge is 0.326 e. The minimum atomic E-state index is -0.616. The van der Waals surface area contributed by atoms with E-state index in [1.54, 1.807) is 6.92 Å². The molecule has 9 heteroatoms. The van der Waals surface area contributed by atoms with E-state index in [4.69, 9.17) is 0 Å². The first-order chi connectivity index (χ1) is 16.2. The van der Waals surface area contributed by atoms with Crippen molar-refractivity contribution in [3.63, 3.8) is 0 Å². The van der Waals surface area contributed by atoms with Crippen LogP contribution < -0.4 is 16.6 Å². The molecule has 0 aliphatic heterocycles. The third-order valence-corrected chi connectivity index (χ3v) is 6.01. The molecule has 1 fully saturated rings. The Kier molecular flexibility index (Phi) is 8.67. The summed E-state index contributed by atoms with van der Waals surface area (Å²) in [6.45, 7) is 1.72. The molecular formula is C25H28F3N3O3. The molecule has 2 aromatic carbocycles. The minimum Gasteiger partial charge on any atom is -0.349 e. The highest BCUT2D eigenvalue weighted by Crippen LogP contribution is 2.27. The van der Waals surface area contributed by atoms with Crippen LogP contribution in [0.25, 0.3) is 10.9 Å². The quantitative estimate of drug-likeness (QED) is 0.492. The monoisotopic (exact) mass is 475 g/mol. The van der Waals surface area contributed by atoms with Gasteiger partial charge in [0.25, 0.3) is 5.56 Å². The van der Waals surface area contributed by atoms with Gasteiger partial charge in [-0.2, -0.15) is 0 Å². The summed E-state index contributed by atoms with van der Waals surface area (Å²) in [4.78, 5) is 38.2. The van der Waals surface area contributed by atoms with Gasteiger partial charge in [-0.1, -0.05) is 38.2 Å². The fourth-order valence-corrected chi connectivity index (χ4v) is 4.19. The first-order valence-electron chi connectivity index (χ1n) is 11.4. The standard InChI is InChI=1S/C17H23F2NO.C8H5FN2O2/c1-12(15-9-8-14(18)11-16(15)19)20-17(21)10-7-13-5-3-2-4-6-13;9-4-1-2-6-5(3-4)7(12)11-8(13)10-6/h8-9,11-13H,2-7,10H2,1H3,(H,20,21);1-3H,(H2,10,11,12,13). The van der Waals surface area contributed by atoms with Gasteiger partial charge in [0, 0.05) is 18.1 Å². The molecule has 6 nitrogen and oxygen atoms in total. The van der Waals surface area contributed by atoms with Gasteiger partial charge in [-0.15, -0.1) is 0 Å². The average Bonchev–Trinajstić information content (AvgIpc) is 2.79. The first kappa shape index (κ1) is 25.3. The third kappa shape index (κ3) is 7.07. The zero-order chi connectivity index (χ0) is 24.7. The van der Waals surface area contributed by atoms with Crippen LogP contribution in [0.5, 0.6) is 0 Å². The van der Waals surface area contributed by atoms with Crippen molar-refractivity contribution >= 4 is 16.8 Å². The molecule has 1 aliphatic carbocycles. The highest BCUT2D eigenvalue weighted by atomic mass is 19.1. The van der Waals surface area contributed by atoms with E-state index in [-0.39, 0.29) is 11.3 Å². The van der Waals surface area contributed by atoms with Gasteiger partial charge in [0.15, 0.2) is 0 Å². The number of amides is 1. The lowest BCUT2D eigenvalue weighted by Crippen LogP contribution is -2.27. The molecule has 1 amide bonds. The van der Waals surface area contributed by atoms with E-state index in [1.807, 2.05) is 4.98 Å². The van der Waals surface area contributed by atoms with Crippen LogP contribution in [-0.2, 0) is 4.79 Å². The molecule has 1 aliphatic rings. The summed E-state index contributed by atoms with van der Waals surface area (Å²) in [5, 5.41) is 2.93. The van der Waals surface area contributed by atoms with Crippen molar-refractivity contribution in [2.24, 2.45) is 5.92 Å². The zero-order valence-corrected chi connectivity index (χ0v) is 18.9. The van der Waals surface area contributed by atoms with Crippen LogP contribution in [0, 0.1) is 23.4 Å².